The van der Waals surface area contributed by atoms with Crippen LogP contribution in [0.3, 0.4) is 0 Å². The highest BCUT2D eigenvalue weighted by Gasteiger charge is 2.12. The van der Waals surface area contributed by atoms with E-state index in [0.29, 0.717) is 29.4 Å². The van der Waals surface area contributed by atoms with E-state index in [4.69, 9.17) is 9.47 Å². The van der Waals surface area contributed by atoms with E-state index in [1.165, 1.54) is 38.5 Å². The average Bonchev–Trinajstić information content (AvgIpc) is 2.68. The highest BCUT2D eigenvalue weighted by molar-refractivity contribution is 5.79. The molecule has 6 nitrogen and oxygen atoms in total. The van der Waals surface area contributed by atoms with Crippen LogP contribution in [-0.2, 0) is 13.1 Å². The van der Waals surface area contributed by atoms with E-state index in [0.717, 1.165) is 0 Å². The first-order valence-electron chi connectivity index (χ1n) is 8.35. The number of aliphatic imine (C=N–C) groups is 1. The lowest BCUT2D eigenvalue weighted by atomic mass is 10.2. The van der Waals surface area contributed by atoms with Crippen molar-refractivity contribution in [2.45, 2.75) is 19.7 Å². The Labute approximate surface area is 161 Å². The van der Waals surface area contributed by atoms with Gasteiger partial charge in [-0.15, -0.1) is 0 Å². The molecular formula is C19H22F3N3O3. The summed E-state index contributed by atoms with van der Waals surface area (Å²) < 4.78 is 53.5. The summed E-state index contributed by atoms with van der Waals surface area (Å²) in [6.45, 7) is -2.47. The molecule has 2 N–H and O–H groups in total. The van der Waals surface area contributed by atoms with Crippen molar-refractivity contribution in [3.05, 3.63) is 53.3 Å². The van der Waals surface area contributed by atoms with Gasteiger partial charge in [-0.3, -0.25) is 4.99 Å². The third-order valence-corrected chi connectivity index (χ3v) is 3.83. The monoisotopic (exact) mass is 397 g/mol. The predicted octanol–water partition coefficient (Wildman–Crippen LogP) is 3.31. The van der Waals surface area contributed by atoms with Crippen molar-refractivity contribution in [3.63, 3.8) is 0 Å². The molecular weight excluding hydrogens is 375 g/mol. The van der Waals surface area contributed by atoms with Gasteiger partial charge in [-0.1, -0.05) is 6.07 Å². The smallest absolute Gasteiger partial charge is 0.387 e. The number of halogens is 3. The molecule has 0 unspecified atom stereocenters. The molecule has 0 bridgehead atoms. The minimum Gasteiger partial charge on any atom is -0.497 e. The number of nitrogens with zero attached hydrogens (tertiary/aromatic N) is 1. The number of hydrogen-bond donors (Lipinski definition) is 2. The number of ether oxygens (including phenoxy) is 3. The van der Waals surface area contributed by atoms with Gasteiger partial charge in [0.05, 0.1) is 14.2 Å². The van der Waals surface area contributed by atoms with Gasteiger partial charge < -0.3 is 24.8 Å². The number of alkyl halides is 2. The molecule has 0 saturated heterocycles. The van der Waals surface area contributed by atoms with E-state index in [1.54, 1.807) is 19.2 Å². The Hall–Kier alpha value is -3.10. The highest BCUT2D eigenvalue weighted by Crippen LogP contribution is 2.25. The maximum absolute atomic E-state index is 13.8. The summed E-state index contributed by atoms with van der Waals surface area (Å²) in [5.41, 5.74) is 1.16. The first-order valence-corrected chi connectivity index (χ1v) is 8.35. The second-order valence-electron chi connectivity index (χ2n) is 5.60. The summed E-state index contributed by atoms with van der Waals surface area (Å²) in [6, 6.07) is 9.16. The predicted molar refractivity (Wildman–Crippen MR) is 99.6 cm³/mol. The van der Waals surface area contributed by atoms with Crippen LogP contribution in [-0.4, -0.2) is 33.8 Å². The van der Waals surface area contributed by atoms with Crippen molar-refractivity contribution in [1.82, 2.24) is 10.6 Å². The van der Waals surface area contributed by atoms with Crippen LogP contribution in [0.5, 0.6) is 17.2 Å². The number of hydrogen-bond acceptors (Lipinski definition) is 4. The number of rotatable bonds is 8. The molecule has 152 valence electrons. The van der Waals surface area contributed by atoms with Gasteiger partial charge in [0.2, 0.25) is 0 Å². The largest absolute Gasteiger partial charge is 0.497 e. The Bertz CT molecular complexity index is 816. The Morgan fingerprint density at radius 3 is 2.32 bits per heavy atom. The minimum absolute atomic E-state index is 0.0379. The topological polar surface area (TPSA) is 64.1 Å². The van der Waals surface area contributed by atoms with Gasteiger partial charge in [0, 0.05) is 25.7 Å². The molecule has 0 amide bonds. The number of benzene rings is 2. The van der Waals surface area contributed by atoms with Crippen LogP contribution < -0.4 is 24.8 Å². The Morgan fingerprint density at radius 2 is 1.71 bits per heavy atom. The Balaban J connectivity index is 2.01. The highest BCUT2D eigenvalue weighted by atomic mass is 19.3. The van der Waals surface area contributed by atoms with E-state index in [-0.39, 0.29) is 18.0 Å². The maximum atomic E-state index is 13.8. The quantitative estimate of drug-likeness (QED) is 0.529. The molecule has 9 heteroatoms. The average molecular weight is 397 g/mol. The van der Waals surface area contributed by atoms with Gasteiger partial charge in [0.15, 0.2) is 17.5 Å². The minimum atomic E-state index is -2.94. The van der Waals surface area contributed by atoms with Crippen LogP contribution in [0.25, 0.3) is 0 Å². The number of guanidine groups is 1. The molecule has 0 aliphatic carbocycles. The Kier molecular flexibility index (Phi) is 7.79. The fourth-order valence-electron chi connectivity index (χ4n) is 2.44. The third-order valence-electron chi connectivity index (χ3n) is 3.83. The van der Waals surface area contributed by atoms with Crippen molar-refractivity contribution in [3.8, 4) is 17.2 Å². The van der Waals surface area contributed by atoms with Crippen molar-refractivity contribution >= 4 is 5.96 Å². The SMILES string of the molecule is CN=C(NCc1ccc(OC)c(F)c1)NCc1cc(OC)ccc1OC(F)F. The molecule has 2 rings (SSSR count). The van der Waals surface area contributed by atoms with Gasteiger partial charge in [-0.2, -0.15) is 8.78 Å². The van der Waals surface area contributed by atoms with Gasteiger partial charge in [0.25, 0.3) is 0 Å². The van der Waals surface area contributed by atoms with Gasteiger partial charge in [-0.25, -0.2) is 4.39 Å². The lowest BCUT2D eigenvalue weighted by Gasteiger charge is -2.15. The van der Waals surface area contributed by atoms with Crippen LogP contribution in [0.15, 0.2) is 41.4 Å². The van der Waals surface area contributed by atoms with Crippen molar-refractivity contribution < 1.29 is 27.4 Å². The van der Waals surface area contributed by atoms with Crippen LogP contribution in [0.4, 0.5) is 13.2 Å². The second-order valence-corrected chi connectivity index (χ2v) is 5.60. The van der Waals surface area contributed by atoms with Gasteiger partial charge in [0.1, 0.15) is 11.5 Å². The van der Waals surface area contributed by atoms with Gasteiger partial charge in [-0.05, 0) is 35.9 Å². The summed E-state index contributed by atoms with van der Waals surface area (Å²) in [6.07, 6.45) is 0. The summed E-state index contributed by atoms with van der Waals surface area (Å²) in [4.78, 5) is 4.06. The summed E-state index contributed by atoms with van der Waals surface area (Å²) in [7, 11) is 4.44. The Morgan fingerprint density at radius 1 is 1.00 bits per heavy atom. The lowest BCUT2D eigenvalue weighted by Crippen LogP contribution is -2.36. The summed E-state index contributed by atoms with van der Waals surface area (Å²) >= 11 is 0. The summed E-state index contributed by atoms with van der Waals surface area (Å²) in [5, 5.41) is 6.02. The molecule has 0 heterocycles. The molecule has 0 saturated carbocycles. The maximum Gasteiger partial charge on any atom is 0.387 e. The normalized spacial score (nSPS) is 11.3. The molecule has 2 aromatic carbocycles. The standard InChI is InChI=1S/C19H22F3N3O3/c1-23-19(24-10-12-4-6-17(27-3)15(20)8-12)25-11-13-9-14(26-2)5-7-16(13)28-18(21)22/h4-9,18H,10-11H2,1-3H3,(H2,23,24,25). The molecule has 0 spiro atoms. The molecule has 0 radical (unpaired) electrons. The number of nitrogens with one attached hydrogen (secondary N) is 2. The van der Waals surface area contributed by atoms with Crippen LogP contribution in [0.1, 0.15) is 11.1 Å². The molecule has 2 aromatic rings. The molecule has 0 aliphatic heterocycles. The van der Waals surface area contributed by atoms with E-state index < -0.39 is 12.4 Å². The van der Waals surface area contributed by atoms with Crippen molar-refractivity contribution in [2.24, 2.45) is 4.99 Å². The zero-order chi connectivity index (χ0) is 20.5. The zero-order valence-corrected chi connectivity index (χ0v) is 15.8. The summed E-state index contributed by atoms with van der Waals surface area (Å²) in [5.74, 6) is 0.652. The molecule has 0 aliphatic rings. The van der Waals surface area contributed by atoms with Crippen molar-refractivity contribution in [1.29, 1.82) is 0 Å². The molecule has 0 aromatic heterocycles. The fourth-order valence-corrected chi connectivity index (χ4v) is 2.44. The molecule has 0 atom stereocenters. The van der Waals surface area contributed by atoms with Crippen LogP contribution in [0.2, 0.25) is 0 Å². The van der Waals surface area contributed by atoms with Gasteiger partial charge >= 0.3 is 6.61 Å². The molecule has 28 heavy (non-hydrogen) atoms. The fraction of sp³-hybridized carbons (Fsp3) is 0.316. The lowest BCUT2D eigenvalue weighted by molar-refractivity contribution is -0.0505. The second kappa shape index (κ2) is 10.3. The van der Waals surface area contributed by atoms with Crippen LogP contribution >= 0.6 is 0 Å². The van der Waals surface area contributed by atoms with Crippen molar-refractivity contribution in [2.75, 3.05) is 21.3 Å². The van der Waals surface area contributed by atoms with E-state index >= 15 is 0 Å². The number of methoxy groups -OCH3 is 2. The van der Waals surface area contributed by atoms with E-state index in [9.17, 15) is 13.2 Å². The van der Waals surface area contributed by atoms with E-state index in [1.807, 2.05) is 0 Å². The first kappa shape index (κ1) is 21.2. The molecule has 0 fully saturated rings. The van der Waals surface area contributed by atoms with E-state index in [2.05, 4.69) is 20.4 Å². The third kappa shape index (κ3) is 5.97. The van der Waals surface area contributed by atoms with Crippen LogP contribution in [0, 0.1) is 5.82 Å². The first-order chi connectivity index (χ1) is 13.5. The zero-order valence-electron chi connectivity index (χ0n) is 15.8.